The van der Waals surface area contributed by atoms with Gasteiger partial charge < -0.3 is 10.2 Å². The van der Waals surface area contributed by atoms with Crippen LogP contribution < -0.4 is 10.2 Å². The zero-order valence-electron chi connectivity index (χ0n) is 11.8. The van der Waals surface area contributed by atoms with Crippen molar-refractivity contribution in [3.8, 4) is 0 Å². The molecule has 106 valence electrons. The Kier molecular flexibility index (Phi) is 3.47. The molecule has 1 unspecified atom stereocenters. The summed E-state index contributed by atoms with van der Waals surface area (Å²) < 4.78 is 0. The van der Waals surface area contributed by atoms with Crippen molar-refractivity contribution < 1.29 is 9.59 Å². The maximum absolute atomic E-state index is 12.1. The summed E-state index contributed by atoms with van der Waals surface area (Å²) in [5.41, 5.74) is 3.71. The van der Waals surface area contributed by atoms with Gasteiger partial charge in [-0.05, 0) is 49.4 Å². The van der Waals surface area contributed by atoms with Crippen LogP contribution in [0.1, 0.15) is 30.9 Å². The summed E-state index contributed by atoms with van der Waals surface area (Å²) >= 11 is 0. The molecule has 1 aromatic rings. The highest BCUT2D eigenvalue weighted by Crippen LogP contribution is 2.30. The van der Waals surface area contributed by atoms with E-state index in [9.17, 15) is 9.59 Å². The Bertz CT molecular complexity index is 553. The Morgan fingerprint density at radius 1 is 1.35 bits per heavy atom. The third kappa shape index (κ3) is 2.30. The Balaban J connectivity index is 1.77. The van der Waals surface area contributed by atoms with Gasteiger partial charge in [-0.25, -0.2) is 0 Å². The van der Waals surface area contributed by atoms with Crippen molar-refractivity contribution in [2.45, 2.75) is 32.6 Å². The van der Waals surface area contributed by atoms with Gasteiger partial charge in [0.15, 0.2) is 0 Å². The Morgan fingerprint density at radius 3 is 2.95 bits per heavy atom. The van der Waals surface area contributed by atoms with Crippen LogP contribution in [0.4, 0.5) is 5.69 Å². The Morgan fingerprint density at radius 2 is 2.15 bits per heavy atom. The molecule has 1 N–H and O–H groups in total. The highest BCUT2D eigenvalue weighted by molar-refractivity contribution is 6.00. The fraction of sp³-hybridized carbons (Fsp3) is 0.500. The molecule has 0 saturated carbocycles. The van der Waals surface area contributed by atoms with E-state index >= 15 is 0 Å². The predicted molar refractivity (Wildman–Crippen MR) is 77.6 cm³/mol. The van der Waals surface area contributed by atoms with E-state index in [-0.39, 0.29) is 17.7 Å². The van der Waals surface area contributed by atoms with Gasteiger partial charge in [-0.3, -0.25) is 9.59 Å². The van der Waals surface area contributed by atoms with Crippen LogP contribution >= 0.6 is 0 Å². The minimum atomic E-state index is -0.212. The van der Waals surface area contributed by atoms with Crippen LogP contribution in [-0.4, -0.2) is 24.9 Å². The number of carbonyl (C=O) groups is 2. The first-order valence-corrected chi connectivity index (χ1v) is 7.39. The van der Waals surface area contributed by atoms with Crippen LogP contribution in [-0.2, 0) is 22.4 Å². The van der Waals surface area contributed by atoms with Gasteiger partial charge in [0.1, 0.15) is 0 Å². The summed E-state index contributed by atoms with van der Waals surface area (Å²) in [5.74, 6) is -0.167. The third-order valence-corrected chi connectivity index (χ3v) is 4.24. The van der Waals surface area contributed by atoms with E-state index in [4.69, 9.17) is 0 Å². The van der Waals surface area contributed by atoms with Gasteiger partial charge in [0.2, 0.25) is 11.8 Å². The first kappa shape index (κ1) is 13.2. The van der Waals surface area contributed by atoms with Crippen LogP contribution in [0.25, 0.3) is 0 Å². The maximum Gasteiger partial charge on any atom is 0.227 e. The average Bonchev–Trinajstić information content (AvgIpc) is 3.04. The number of hydrogen-bond acceptors (Lipinski definition) is 2. The van der Waals surface area contributed by atoms with Gasteiger partial charge >= 0.3 is 0 Å². The van der Waals surface area contributed by atoms with Crippen LogP contribution in [0.5, 0.6) is 0 Å². The molecule has 0 radical (unpaired) electrons. The monoisotopic (exact) mass is 272 g/mol. The average molecular weight is 272 g/mol. The van der Waals surface area contributed by atoms with Gasteiger partial charge in [0.25, 0.3) is 0 Å². The molecule has 1 saturated heterocycles. The van der Waals surface area contributed by atoms with E-state index in [1.165, 1.54) is 17.5 Å². The lowest BCUT2D eigenvalue weighted by molar-refractivity contribution is -0.126. The van der Waals surface area contributed by atoms with Crippen molar-refractivity contribution >= 4 is 17.5 Å². The normalized spacial score (nSPS) is 21.1. The first-order chi connectivity index (χ1) is 9.69. The van der Waals surface area contributed by atoms with Crippen LogP contribution in [0.2, 0.25) is 0 Å². The molecule has 1 aromatic carbocycles. The molecule has 4 nitrogen and oxygen atoms in total. The van der Waals surface area contributed by atoms with Crippen molar-refractivity contribution in [3.63, 3.8) is 0 Å². The van der Waals surface area contributed by atoms with Crippen LogP contribution in [0, 0.1) is 5.92 Å². The molecule has 2 aliphatic rings. The van der Waals surface area contributed by atoms with Crippen molar-refractivity contribution in [2.75, 3.05) is 18.0 Å². The molecule has 2 amide bonds. The fourth-order valence-electron chi connectivity index (χ4n) is 3.18. The number of nitrogens with zero attached hydrogens (tertiary/aromatic N) is 1. The van der Waals surface area contributed by atoms with E-state index in [2.05, 4.69) is 17.4 Å². The second kappa shape index (κ2) is 5.27. The van der Waals surface area contributed by atoms with E-state index in [1.807, 2.05) is 13.0 Å². The number of aryl methyl sites for hydroxylation is 2. The number of fused-ring (bicyclic) bond motifs is 1. The van der Waals surface area contributed by atoms with Gasteiger partial charge in [0.05, 0.1) is 5.92 Å². The number of hydrogen-bond donors (Lipinski definition) is 1. The molecule has 1 aliphatic heterocycles. The number of nitrogens with one attached hydrogen (secondary N) is 1. The summed E-state index contributed by atoms with van der Waals surface area (Å²) in [6, 6.07) is 6.27. The highest BCUT2D eigenvalue weighted by atomic mass is 16.2. The number of rotatable bonds is 3. The molecule has 0 spiro atoms. The number of benzene rings is 1. The quantitative estimate of drug-likeness (QED) is 0.910. The third-order valence-electron chi connectivity index (χ3n) is 4.24. The zero-order valence-corrected chi connectivity index (χ0v) is 11.8. The van der Waals surface area contributed by atoms with Crippen molar-refractivity contribution in [1.82, 2.24) is 5.32 Å². The highest BCUT2D eigenvalue weighted by Gasteiger charge is 2.35. The molecular formula is C16H20N2O2. The summed E-state index contributed by atoms with van der Waals surface area (Å²) in [4.78, 5) is 25.8. The number of amides is 2. The number of carbonyl (C=O) groups excluding carboxylic acids is 2. The fourth-order valence-corrected chi connectivity index (χ4v) is 3.18. The second-order valence-corrected chi connectivity index (χ2v) is 5.61. The minimum Gasteiger partial charge on any atom is -0.356 e. The number of anilines is 1. The molecule has 1 aliphatic carbocycles. The molecule has 0 aromatic heterocycles. The molecule has 20 heavy (non-hydrogen) atoms. The lowest BCUT2D eigenvalue weighted by atomic mass is 10.1. The zero-order chi connectivity index (χ0) is 14.1. The van der Waals surface area contributed by atoms with Crippen LogP contribution in [0.15, 0.2) is 18.2 Å². The largest absolute Gasteiger partial charge is 0.356 e. The molecule has 0 bridgehead atoms. The SMILES string of the molecule is CCNC(=O)C1CC(=O)N(c2ccc3c(c2)CCC3)C1. The smallest absolute Gasteiger partial charge is 0.227 e. The van der Waals surface area contributed by atoms with Gasteiger partial charge in [-0.15, -0.1) is 0 Å². The summed E-state index contributed by atoms with van der Waals surface area (Å²) in [6.45, 7) is 3.01. The molecule has 1 heterocycles. The topological polar surface area (TPSA) is 49.4 Å². The summed E-state index contributed by atoms with van der Waals surface area (Å²) in [5, 5.41) is 2.80. The lowest BCUT2D eigenvalue weighted by Gasteiger charge is -2.17. The predicted octanol–water partition coefficient (Wildman–Crippen LogP) is 1.66. The standard InChI is InChI=1S/C16H20N2O2/c1-2-17-16(20)13-9-15(19)18(10-13)14-7-6-11-4-3-5-12(11)8-14/h6-8,13H,2-5,9-10H2,1H3,(H,17,20). The van der Waals surface area contributed by atoms with Gasteiger partial charge in [-0.1, -0.05) is 6.07 Å². The lowest BCUT2D eigenvalue weighted by Crippen LogP contribution is -2.32. The summed E-state index contributed by atoms with van der Waals surface area (Å²) in [6.07, 6.45) is 3.77. The second-order valence-electron chi connectivity index (χ2n) is 5.61. The molecular weight excluding hydrogens is 252 g/mol. The van der Waals surface area contributed by atoms with Crippen molar-refractivity contribution in [2.24, 2.45) is 5.92 Å². The minimum absolute atomic E-state index is 0.00971. The summed E-state index contributed by atoms with van der Waals surface area (Å²) in [7, 11) is 0. The van der Waals surface area contributed by atoms with Crippen molar-refractivity contribution in [3.05, 3.63) is 29.3 Å². The maximum atomic E-state index is 12.1. The van der Waals surface area contributed by atoms with E-state index in [0.717, 1.165) is 18.5 Å². The van der Waals surface area contributed by atoms with E-state index in [1.54, 1.807) is 4.90 Å². The molecule has 3 rings (SSSR count). The van der Waals surface area contributed by atoms with Gasteiger partial charge in [0, 0.05) is 25.2 Å². The van der Waals surface area contributed by atoms with Crippen LogP contribution in [0.3, 0.4) is 0 Å². The molecule has 1 fully saturated rings. The van der Waals surface area contributed by atoms with Gasteiger partial charge in [-0.2, -0.15) is 0 Å². The van der Waals surface area contributed by atoms with E-state index < -0.39 is 0 Å². The van der Waals surface area contributed by atoms with E-state index in [0.29, 0.717) is 19.5 Å². The molecule has 4 heteroatoms. The first-order valence-electron chi connectivity index (χ1n) is 7.39. The Labute approximate surface area is 119 Å². The van der Waals surface area contributed by atoms with Crippen molar-refractivity contribution in [1.29, 1.82) is 0 Å². The Hall–Kier alpha value is -1.84. The molecule has 1 atom stereocenters.